The van der Waals surface area contributed by atoms with Gasteiger partial charge < -0.3 is 15.5 Å². The first-order valence-corrected chi connectivity index (χ1v) is 5.61. The predicted molar refractivity (Wildman–Crippen MR) is 60.9 cm³/mol. The Labute approximate surface area is 98.7 Å². The van der Waals surface area contributed by atoms with Gasteiger partial charge in [0.2, 0.25) is 0 Å². The number of aromatic nitrogens is 2. The van der Waals surface area contributed by atoms with E-state index in [0.717, 1.165) is 25.7 Å². The molecule has 1 aromatic rings. The van der Waals surface area contributed by atoms with Gasteiger partial charge in [0.05, 0.1) is 12.1 Å². The fourth-order valence-electron chi connectivity index (χ4n) is 2.16. The van der Waals surface area contributed by atoms with Crippen LogP contribution in [0.2, 0.25) is 0 Å². The Morgan fingerprint density at radius 3 is 2.53 bits per heavy atom. The van der Waals surface area contributed by atoms with Gasteiger partial charge in [-0.15, -0.1) is 10.2 Å². The van der Waals surface area contributed by atoms with Crippen LogP contribution in [0.5, 0.6) is 0 Å². The molecule has 6 nitrogen and oxygen atoms in total. The molecule has 0 unspecified atom stereocenters. The van der Waals surface area contributed by atoms with Crippen molar-refractivity contribution < 1.29 is 15.0 Å². The van der Waals surface area contributed by atoms with Gasteiger partial charge in [-0.2, -0.15) is 0 Å². The number of carboxylic acids is 1. The lowest BCUT2D eigenvalue weighted by molar-refractivity contribution is 0.0689. The normalized spacial score (nSPS) is 17.9. The number of anilines is 1. The molecule has 1 aliphatic carbocycles. The molecule has 1 fully saturated rings. The zero-order valence-corrected chi connectivity index (χ0v) is 9.39. The Bertz CT molecular complexity index is 399. The van der Waals surface area contributed by atoms with Crippen LogP contribution >= 0.6 is 0 Å². The summed E-state index contributed by atoms with van der Waals surface area (Å²) < 4.78 is 0. The van der Waals surface area contributed by atoms with Crippen molar-refractivity contribution >= 4 is 11.8 Å². The number of rotatable bonds is 4. The largest absolute Gasteiger partial charge is 0.476 e. The van der Waals surface area contributed by atoms with E-state index in [1.54, 1.807) is 6.07 Å². The van der Waals surface area contributed by atoms with E-state index in [4.69, 9.17) is 5.11 Å². The fourth-order valence-corrected chi connectivity index (χ4v) is 2.16. The maximum atomic E-state index is 10.6. The summed E-state index contributed by atoms with van der Waals surface area (Å²) in [4.78, 5) is 10.6. The minimum absolute atomic E-state index is 0.0510. The summed E-state index contributed by atoms with van der Waals surface area (Å²) in [7, 11) is 0. The maximum absolute atomic E-state index is 10.6. The predicted octanol–water partition coefficient (Wildman–Crippen LogP) is 0.892. The quantitative estimate of drug-likeness (QED) is 0.719. The molecular weight excluding hydrogens is 222 g/mol. The zero-order valence-electron chi connectivity index (χ0n) is 9.39. The first-order chi connectivity index (χ1) is 8.15. The van der Waals surface area contributed by atoms with Crippen LogP contribution in [-0.4, -0.2) is 38.5 Å². The molecule has 0 aliphatic heterocycles. The summed E-state index contributed by atoms with van der Waals surface area (Å²) in [6.07, 6.45) is 3.94. The number of nitrogens with one attached hydrogen (secondary N) is 1. The molecule has 17 heavy (non-hydrogen) atoms. The molecule has 92 valence electrons. The number of hydrogen-bond donors (Lipinski definition) is 3. The SMILES string of the molecule is O=C(O)c1ccc(NC2(CO)CCCC2)nn1. The van der Waals surface area contributed by atoms with E-state index >= 15 is 0 Å². The van der Waals surface area contributed by atoms with Crippen LogP contribution in [-0.2, 0) is 0 Å². The molecule has 0 bridgehead atoms. The van der Waals surface area contributed by atoms with Crippen LogP contribution in [0.25, 0.3) is 0 Å². The number of aromatic carboxylic acids is 1. The van der Waals surface area contributed by atoms with Gasteiger partial charge in [0, 0.05) is 0 Å². The highest BCUT2D eigenvalue weighted by Gasteiger charge is 2.33. The summed E-state index contributed by atoms with van der Waals surface area (Å²) in [6, 6.07) is 2.98. The molecular formula is C11H15N3O3. The van der Waals surface area contributed by atoms with E-state index in [9.17, 15) is 9.90 Å². The number of carbonyl (C=O) groups is 1. The molecule has 0 amide bonds. The Morgan fingerprint density at radius 2 is 2.06 bits per heavy atom. The van der Waals surface area contributed by atoms with Crippen LogP contribution < -0.4 is 5.32 Å². The second kappa shape index (κ2) is 4.67. The number of aliphatic hydroxyl groups excluding tert-OH is 1. The molecule has 0 atom stereocenters. The molecule has 0 aromatic carbocycles. The molecule has 1 heterocycles. The minimum atomic E-state index is -1.10. The summed E-state index contributed by atoms with van der Waals surface area (Å²) >= 11 is 0. The molecule has 1 aliphatic rings. The van der Waals surface area contributed by atoms with Crippen molar-refractivity contribution in [3.05, 3.63) is 17.8 Å². The first kappa shape index (κ1) is 11.8. The van der Waals surface area contributed by atoms with Crippen molar-refractivity contribution in [2.45, 2.75) is 31.2 Å². The Balaban J connectivity index is 2.10. The lowest BCUT2D eigenvalue weighted by Gasteiger charge is -2.28. The average molecular weight is 237 g/mol. The summed E-state index contributed by atoms with van der Waals surface area (Å²) in [5, 5.41) is 28.7. The molecule has 1 aromatic heterocycles. The van der Waals surface area contributed by atoms with Gasteiger partial charge in [-0.25, -0.2) is 4.79 Å². The van der Waals surface area contributed by atoms with Crippen molar-refractivity contribution in [1.29, 1.82) is 0 Å². The number of nitrogens with zero attached hydrogens (tertiary/aromatic N) is 2. The summed E-state index contributed by atoms with van der Waals surface area (Å²) in [6.45, 7) is 0.0510. The van der Waals surface area contributed by atoms with Crippen molar-refractivity contribution in [3.63, 3.8) is 0 Å². The first-order valence-electron chi connectivity index (χ1n) is 5.61. The van der Waals surface area contributed by atoms with Crippen molar-refractivity contribution in [2.75, 3.05) is 11.9 Å². The lowest BCUT2D eigenvalue weighted by Crippen LogP contribution is -2.39. The Kier molecular flexibility index (Phi) is 3.23. The highest BCUT2D eigenvalue weighted by molar-refractivity contribution is 5.85. The van der Waals surface area contributed by atoms with Gasteiger partial charge in [-0.1, -0.05) is 12.8 Å². The highest BCUT2D eigenvalue weighted by Crippen LogP contribution is 2.31. The van der Waals surface area contributed by atoms with Crippen LogP contribution in [0.4, 0.5) is 5.82 Å². The maximum Gasteiger partial charge on any atom is 0.356 e. The van der Waals surface area contributed by atoms with Gasteiger partial charge in [-0.05, 0) is 25.0 Å². The molecule has 2 rings (SSSR count). The topological polar surface area (TPSA) is 95.3 Å². The second-order valence-electron chi connectivity index (χ2n) is 4.38. The Morgan fingerprint density at radius 1 is 1.35 bits per heavy atom. The fraction of sp³-hybridized carbons (Fsp3) is 0.545. The van der Waals surface area contributed by atoms with Gasteiger partial charge in [0.1, 0.15) is 5.82 Å². The smallest absolute Gasteiger partial charge is 0.356 e. The van der Waals surface area contributed by atoms with Gasteiger partial charge >= 0.3 is 5.97 Å². The van der Waals surface area contributed by atoms with E-state index in [0.29, 0.717) is 5.82 Å². The summed E-state index contributed by atoms with van der Waals surface area (Å²) in [5.74, 6) is -0.590. The average Bonchev–Trinajstić information content (AvgIpc) is 2.79. The number of carboxylic acid groups (broad SMARTS) is 1. The van der Waals surface area contributed by atoms with Gasteiger partial charge in [0.25, 0.3) is 0 Å². The third-order valence-corrected chi connectivity index (χ3v) is 3.14. The van der Waals surface area contributed by atoms with Crippen LogP contribution in [0.15, 0.2) is 12.1 Å². The third-order valence-electron chi connectivity index (χ3n) is 3.14. The van der Waals surface area contributed by atoms with Crippen molar-refractivity contribution in [2.24, 2.45) is 0 Å². The van der Waals surface area contributed by atoms with Crippen molar-refractivity contribution in [1.82, 2.24) is 10.2 Å². The molecule has 0 saturated heterocycles. The van der Waals surface area contributed by atoms with E-state index < -0.39 is 5.97 Å². The third kappa shape index (κ3) is 2.52. The molecule has 1 saturated carbocycles. The minimum Gasteiger partial charge on any atom is -0.476 e. The highest BCUT2D eigenvalue weighted by atomic mass is 16.4. The van der Waals surface area contributed by atoms with Crippen molar-refractivity contribution in [3.8, 4) is 0 Å². The lowest BCUT2D eigenvalue weighted by atomic mass is 9.99. The Hall–Kier alpha value is -1.69. The summed E-state index contributed by atoms with van der Waals surface area (Å²) in [5.41, 5.74) is -0.403. The number of hydrogen-bond acceptors (Lipinski definition) is 5. The van der Waals surface area contributed by atoms with Gasteiger partial charge in [-0.3, -0.25) is 0 Å². The second-order valence-corrected chi connectivity index (χ2v) is 4.38. The molecule has 0 radical (unpaired) electrons. The zero-order chi connectivity index (χ0) is 12.3. The van der Waals surface area contributed by atoms with E-state index in [1.165, 1.54) is 6.07 Å². The van der Waals surface area contributed by atoms with E-state index in [-0.39, 0.29) is 17.8 Å². The van der Waals surface area contributed by atoms with Crippen LogP contribution in [0, 0.1) is 0 Å². The molecule has 6 heteroatoms. The van der Waals surface area contributed by atoms with Crippen LogP contribution in [0.3, 0.4) is 0 Å². The van der Waals surface area contributed by atoms with E-state index in [2.05, 4.69) is 15.5 Å². The molecule has 3 N–H and O–H groups in total. The number of aliphatic hydroxyl groups is 1. The standard InChI is InChI=1S/C11H15N3O3/c15-7-11(5-1-2-6-11)12-9-4-3-8(10(16)17)13-14-9/h3-4,15H,1-2,5-7H2,(H,12,14)(H,16,17). The van der Waals surface area contributed by atoms with Gasteiger partial charge in [0.15, 0.2) is 5.69 Å². The van der Waals surface area contributed by atoms with E-state index in [1.807, 2.05) is 0 Å². The monoisotopic (exact) mass is 237 g/mol. The molecule has 0 spiro atoms. The van der Waals surface area contributed by atoms with Crippen LogP contribution in [0.1, 0.15) is 36.2 Å².